The van der Waals surface area contributed by atoms with Crippen LogP contribution in [0.3, 0.4) is 0 Å². The van der Waals surface area contributed by atoms with E-state index < -0.39 is 0 Å². The summed E-state index contributed by atoms with van der Waals surface area (Å²) in [6, 6.07) is 0. The lowest BCUT2D eigenvalue weighted by atomic mass is 10.5. The van der Waals surface area contributed by atoms with Gasteiger partial charge in [-0.3, -0.25) is 0 Å². The van der Waals surface area contributed by atoms with E-state index in [1.54, 1.807) is 10.8 Å². The lowest BCUT2D eigenvalue weighted by Crippen LogP contribution is -1.53. The highest BCUT2D eigenvalue weighted by molar-refractivity contribution is 7.09. The van der Waals surface area contributed by atoms with Crippen molar-refractivity contribution in [1.29, 1.82) is 0 Å². The maximum absolute atomic E-state index is 9.68. The second-order valence-electron chi connectivity index (χ2n) is 1.31. The van der Waals surface area contributed by atoms with Crippen LogP contribution in [-0.4, -0.2) is 6.08 Å². The van der Waals surface area contributed by atoms with Crippen LogP contribution in [0.5, 0.6) is 0 Å². The number of rotatable bonds is 1. The minimum Gasteiger partial charge on any atom is -0.211 e. The zero-order chi connectivity index (χ0) is 6.69. The van der Waals surface area contributed by atoms with Crippen molar-refractivity contribution in [2.24, 2.45) is 4.99 Å². The predicted octanol–water partition coefficient (Wildman–Crippen LogP) is 2.37. The third-order valence-corrected chi connectivity index (χ3v) is 1.93. The molecular formula is C5H2ClNOS. The number of isocyanates is 1. The van der Waals surface area contributed by atoms with E-state index in [4.69, 9.17) is 11.6 Å². The van der Waals surface area contributed by atoms with Crippen molar-refractivity contribution < 1.29 is 4.79 Å². The topological polar surface area (TPSA) is 29.4 Å². The molecule has 1 rings (SSSR count). The SMILES string of the molecule is O=C=Nc1cscc1Cl. The van der Waals surface area contributed by atoms with Crippen LogP contribution < -0.4 is 0 Å². The Morgan fingerprint density at radius 1 is 1.67 bits per heavy atom. The molecule has 2 nitrogen and oxygen atoms in total. The molecule has 0 aliphatic carbocycles. The second kappa shape index (κ2) is 2.78. The second-order valence-corrected chi connectivity index (χ2v) is 2.46. The molecule has 0 radical (unpaired) electrons. The highest BCUT2D eigenvalue weighted by Gasteiger charge is 1.95. The zero-order valence-electron chi connectivity index (χ0n) is 4.30. The average Bonchev–Trinajstić information content (AvgIpc) is 2.18. The molecule has 0 spiro atoms. The van der Waals surface area contributed by atoms with Crippen LogP contribution in [0, 0.1) is 0 Å². The summed E-state index contributed by atoms with van der Waals surface area (Å²) in [5.41, 5.74) is 0.497. The van der Waals surface area contributed by atoms with Crippen LogP contribution in [0.25, 0.3) is 0 Å². The molecule has 0 unspecified atom stereocenters. The van der Waals surface area contributed by atoms with Crippen molar-refractivity contribution in [3.63, 3.8) is 0 Å². The molecule has 0 aromatic carbocycles. The van der Waals surface area contributed by atoms with Crippen molar-refractivity contribution in [2.45, 2.75) is 0 Å². The van der Waals surface area contributed by atoms with Gasteiger partial charge in [-0.05, 0) is 0 Å². The molecule has 0 fully saturated rings. The van der Waals surface area contributed by atoms with Gasteiger partial charge in [-0.25, -0.2) is 4.79 Å². The molecule has 1 aromatic heterocycles. The molecule has 0 aliphatic heterocycles. The molecule has 1 heterocycles. The molecule has 0 N–H and O–H groups in total. The average molecular weight is 160 g/mol. The van der Waals surface area contributed by atoms with Gasteiger partial charge in [-0.2, -0.15) is 4.99 Å². The Labute approximate surface area is 60.8 Å². The number of halogens is 1. The molecule has 0 saturated carbocycles. The van der Waals surface area contributed by atoms with Gasteiger partial charge in [0, 0.05) is 10.8 Å². The van der Waals surface area contributed by atoms with E-state index >= 15 is 0 Å². The Hall–Kier alpha value is -0.630. The zero-order valence-corrected chi connectivity index (χ0v) is 5.87. The van der Waals surface area contributed by atoms with Crippen LogP contribution in [0.15, 0.2) is 15.8 Å². The van der Waals surface area contributed by atoms with Crippen LogP contribution in [0.1, 0.15) is 0 Å². The number of thiophene rings is 1. The smallest absolute Gasteiger partial charge is 0.211 e. The minimum absolute atomic E-state index is 0.497. The Balaban J connectivity index is 3.07. The summed E-state index contributed by atoms with van der Waals surface area (Å²) in [6.45, 7) is 0. The van der Waals surface area contributed by atoms with Crippen molar-refractivity contribution in [2.75, 3.05) is 0 Å². The van der Waals surface area contributed by atoms with Crippen molar-refractivity contribution >= 4 is 34.7 Å². The van der Waals surface area contributed by atoms with Gasteiger partial charge in [-0.1, -0.05) is 11.6 Å². The molecule has 0 atom stereocenters. The normalized spacial score (nSPS) is 8.56. The fourth-order valence-corrected chi connectivity index (χ4v) is 1.34. The number of hydrogen-bond acceptors (Lipinski definition) is 3. The van der Waals surface area contributed by atoms with Crippen LogP contribution in [0.4, 0.5) is 5.69 Å². The molecule has 4 heteroatoms. The molecule has 46 valence electrons. The summed E-state index contributed by atoms with van der Waals surface area (Å²) < 4.78 is 0. The van der Waals surface area contributed by atoms with Gasteiger partial charge in [0.25, 0.3) is 0 Å². The number of aliphatic imine (C=N–C) groups is 1. The highest BCUT2D eigenvalue weighted by atomic mass is 35.5. The van der Waals surface area contributed by atoms with Gasteiger partial charge < -0.3 is 0 Å². The fourth-order valence-electron chi connectivity index (χ4n) is 0.404. The van der Waals surface area contributed by atoms with Gasteiger partial charge in [0.2, 0.25) is 6.08 Å². The lowest BCUT2D eigenvalue weighted by Gasteiger charge is -1.77. The highest BCUT2D eigenvalue weighted by Crippen LogP contribution is 2.27. The molecule has 0 saturated heterocycles. The first-order chi connectivity index (χ1) is 4.34. The first kappa shape index (κ1) is 6.49. The fraction of sp³-hybridized carbons (Fsp3) is 0. The lowest BCUT2D eigenvalue weighted by molar-refractivity contribution is 0.565. The first-order valence-electron chi connectivity index (χ1n) is 2.14. The Morgan fingerprint density at radius 3 is 2.89 bits per heavy atom. The summed E-state index contributed by atoms with van der Waals surface area (Å²) in [7, 11) is 0. The van der Waals surface area contributed by atoms with E-state index in [9.17, 15) is 4.79 Å². The molecule has 0 aliphatic rings. The summed E-state index contributed by atoms with van der Waals surface area (Å²) in [6.07, 6.45) is 1.41. The van der Waals surface area contributed by atoms with Crippen molar-refractivity contribution in [3.8, 4) is 0 Å². The quantitative estimate of drug-likeness (QED) is 0.457. The maximum Gasteiger partial charge on any atom is 0.240 e. The number of hydrogen-bond donors (Lipinski definition) is 0. The molecule has 1 aromatic rings. The van der Waals surface area contributed by atoms with Gasteiger partial charge in [0.15, 0.2) is 0 Å². The summed E-state index contributed by atoms with van der Waals surface area (Å²) in [4.78, 5) is 13.0. The number of carbonyl (C=O) groups excluding carboxylic acids is 1. The summed E-state index contributed by atoms with van der Waals surface area (Å²) in [5, 5.41) is 3.90. The Kier molecular flexibility index (Phi) is 2.01. The van der Waals surface area contributed by atoms with E-state index in [1.807, 2.05) is 0 Å². The van der Waals surface area contributed by atoms with E-state index in [0.29, 0.717) is 10.7 Å². The van der Waals surface area contributed by atoms with E-state index in [0.717, 1.165) is 0 Å². The standard InChI is InChI=1S/C5H2ClNOS/c6-4-1-9-2-5(4)7-3-8/h1-2H. The Morgan fingerprint density at radius 2 is 2.44 bits per heavy atom. The molecule has 0 amide bonds. The summed E-state index contributed by atoms with van der Waals surface area (Å²) in [5.74, 6) is 0. The number of nitrogens with zero attached hydrogens (tertiary/aromatic N) is 1. The molecular weight excluding hydrogens is 158 g/mol. The van der Waals surface area contributed by atoms with Crippen LogP contribution in [-0.2, 0) is 4.79 Å². The third kappa shape index (κ3) is 1.39. The summed E-state index contributed by atoms with van der Waals surface area (Å²) >= 11 is 6.96. The van der Waals surface area contributed by atoms with Crippen molar-refractivity contribution in [3.05, 3.63) is 15.8 Å². The minimum atomic E-state index is 0.497. The molecule has 9 heavy (non-hydrogen) atoms. The van der Waals surface area contributed by atoms with Gasteiger partial charge in [-0.15, -0.1) is 11.3 Å². The predicted molar refractivity (Wildman–Crippen MR) is 37.1 cm³/mol. The van der Waals surface area contributed by atoms with Crippen molar-refractivity contribution in [1.82, 2.24) is 0 Å². The van der Waals surface area contributed by atoms with E-state index in [2.05, 4.69) is 4.99 Å². The largest absolute Gasteiger partial charge is 0.240 e. The van der Waals surface area contributed by atoms with Gasteiger partial charge >= 0.3 is 0 Å². The Bertz CT molecular complexity index is 251. The molecule has 0 bridgehead atoms. The third-order valence-electron chi connectivity index (χ3n) is 0.762. The van der Waals surface area contributed by atoms with Gasteiger partial charge in [0.05, 0.1) is 5.02 Å². The van der Waals surface area contributed by atoms with E-state index in [1.165, 1.54) is 17.4 Å². The first-order valence-corrected chi connectivity index (χ1v) is 3.46. The van der Waals surface area contributed by atoms with E-state index in [-0.39, 0.29) is 0 Å². The van der Waals surface area contributed by atoms with Crippen LogP contribution in [0.2, 0.25) is 5.02 Å². The van der Waals surface area contributed by atoms with Gasteiger partial charge in [0.1, 0.15) is 5.69 Å². The maximum atomic E-state index is 9.68. The van der Waals surface area contributed by atoms with Crippen LogP contribution >= 0.6 is 22.9 Å². The monoisotopic (exact) mass is 159 g/mol.